The Bertz CT molecular complexity index is 1070. The van der Waals surface area contributed by atoms with Gasteiger partial charge in [-0.05, 0) is 62.4 Å². The van der Waals surface area contributed by atoms with Crippen LogP contribution in [0.5, 0.6) is 0 Å². The summed E-state index contributed by atoms with van der Waals surface area (Å²) in [5.74, 6) is 1.84. The molecule has 1 saturated carbocycles. The SMILES string of the molecule is Cc1ccc(NC2CC3CC2N(C(=O)c2nc(C)ccc2-c2ncccn2)C3)nc1. The maximum Gasteiger partial charge on any atom is 0.273 e. The van der Waals surface area contributed by atoms with E-state index < -0.39 is 0 Å². The molecule has 1 aliphatic carbocycles. The Labute approximate surface area is 175 Å². The van der Waals surface area contributed by atoms with Gasteiger partial charge in [-0.3, -0.25) is 4.79 Å². The van der Waals surface area contributed by atoms with Crippen molar-refractivity contribution in [1.29, 1.82) is 0 Å². The molecule has 5 rings (SSSR count). The Balaban J connectivity index is 1.42. The van der Waals surface area contributed by atoms with Crippen LogP contribution < -0.4 is 5.32 Å². The van der Waals surface area contributed by atoms with Crippen molar-refractivity contribution in [3.63, 3.8) is 0 Å². The molecule has 2 aliphatic rings. The van der Waals surface area contributed by atoms with Gasteiger partial charge in [0.05, 0.1) is 11.6 Å². The van der Waals surface area contributed by atoms with Crippen molar-refractivity contribution in [2.24, 2.45) is 5.92 Å². The lowest BCUT2D eigenvalue weighted by Gasteiger charge is -2.34. The molecule has 1 saturated heterocycles. The van der Waals surface area contributed by atoms with Crippen molar-refractivity contribution in [3.05, 3.63) is 65.9 Å². The highest BCUT2D eigenvalue weighted by Crippen LogP contribution is 2.40. The molecule has 0 radical (unpaired) electrons. The van der Waals surface area contributed by atoms with E-state index in [9.17, 15) is 4.79 Å². The minimum atomic E-state index is -0.0444. The van der Waals surface area contributed by atoms with Crippen LogP contribution in [0.2, 0.25) is 0 Å². The Morgan fingerprint density at radius 1 is 1.07 bits per heavy atom. The van der Waals surface area contributed by atoms with Crippen LogP contribution in [0.25, 0.3) is 11.4 Å². The number of hydrogen-bond acceptors (Lipinski definition) is 6. The molecule has 152 valence electrons. The van der Waals surface area contributed by atoms with E-state index in [2.05, 4.69) is 25.3 Å². The molecule has 3 aromatic heterocycles. The fourth-order valence-corrected chi connectivity index (χ4v) is 4.63. The number of carbonyl (C=O) groups is 1. The highest BCUT2D eigenvalue weighted by Gasteiger charge is 2.47. The number of nitrogens with one attached hydrogen (secondary N) is 1. The Hall–Kier alpha value is -3.35. The van der Waals surface area contributed by atoms with Gasteiger partial charge in [-0.25, -0.2) is 19.9 Å². The number of fused-ring (bicyclic) bond motifs is 2. The molecule has 3 atom stereocenters. The second kappa shape index (κ2) is 7.48. The molecule has 1 aliphatic heterocycles. The largest absolute Gasteiger partial charge is 0.365 e. The molecule has 0 aromatic carbocycles. The van der Waals surface area contributed by atoms with Crippen LogP contribution in [0.3, 0.4) is 0 Å². The predicted octanol–water partition coefficient (Wildman–Crippen LogP) is 3.27. The predicted molar refractivity (Wildman–Crippen MR) is 114 cm³/mol. The van der Waals surface area contributed by atoms with Gasteiger partial charge in [-0.2, -0.15) is 0 Å². The van der Waals surface area contributed by atoms with Gasteiger partial charge >= 0.3 is 0 Å². The number of nitrogens with zero attached hydrogens (tertiary/aromatic N) is 5. The first-order valence-electron chi connectivity index (χ1n) is 10.3. The molecule has 1 amide bonds. The van der Waals surface area contributed by atoms with Crippen LogP contribution >= 0.6 is 0 Å². The zero-order chi connectivity index (χ0) is 20.7. The van der Waals surface area contributed by atoms with Crippen molar-refractivity contribution in [3.8, 4) is 11.4 Å². The van der Waals surface area contributed by atoms with Crippen molar-refractivity contribution in [2.45, 2.75) is 38.8 Å². The quantitative estimate of drug-likeness (QED) is 0.724. The van der Waals surface area contributed by atoms with Crippen molar-refractivity contribution in [2.75, 3.05) is 11.9 Å². The van der Waals surface area contributed by atoms with Gasteiger partial charge in [0, 0.05) is 36.9 Å². The number of amides is 1. The Morgan fingerprint density at radius 3 is 2.63 bits per heavy atom. The second-order valence-electron chi connectivity index (χ2n) is 8.26. The number of aryl methyl sites for hydroxylation is 2. The summed E-state index contributed by atoms with van der Waals surface area (Å²) in [5.41, 5.74) is 3.05. The summed E-state index contributed by atoms with van der Waals surface area (Å²) in [4.78, 5) is 33.3. The summed E-state index contributed by atoms with van der Waals surface area (Å²) in [6, 6.07) is 9.94. The number of pyridine rings is 2. The van der Waals surface area contributed by atoms with Crippen molar-refractivity contribution >= 4 is 11.7 Å². The number of carbonyl (C=O) groups excluding carboxylic acids is 1. The third-order valence-corrected chi connectivity index (χ3v) is 6.03. The van der Waals surface area contributed by atoms with E-state index in [0.29, 0.717) is 23.0 Å². The van der Waals surface area contributed by atoms with Gasteiger partial charge in [0.25, 0.3) is 5.91 Å². The molecular weight excluding hydrogens is 376 g/mol. The summed E-state index contributed by atoms with van der Waals surface area (Å²) in [7, 11) is 0. The third-order valence-electron chi connectivity index (χ3n) is 6.03. The summed E-state index contributed by atoms with van der Waals surface area (Å²) >= 11 is 0. The maximum absolute atomic E-state index is 13.6. The zero-order valence-electron chi connectivity index (χ0n) is 17.1. The van der Waals surface area contributed by atoms with Gasteiger partial charge in [-0.1, -0.05) is 6.07 Å². The molecule has 1 N–H and O–H groups in total. The lowest BCUT2D eigenvalue weighted by Crippen LogP contribution is -2.48. The topological polar surface area (TPSA) is 83.9 Å². The smallest absolute Gasteiger partial charge is 0.273 e. The van der Waals surface area contributed by atoms with E-state index in [1.54, 1.807) is 18.5 Å². The van der Waals surface area contributed by atoms with Gasteiger partial charge in [0.1, 0.15) is 11.5 Å². The summed E-state index contributed by atoms with van der Waals surface area (Å²) in [5, 5.41) is 3.54. The zero-order valence-corrected chi connectivity index (χ0v) is 17.1. The van der Waals surface area contributed by atoms with Gasteiger partial charge in [-0.15, -0.1) is 0 Å². The molecule has 2 fully saturated rings. The average molecular weight is 400 g/mol. The normalized spacial score (nSPS) is 22.3. The lowest BCUT2D eigenvalue weighted by molar-refractivity contribution is 0.0686. The number of aromatic nitrogens is 4. The number of anilines is 1. The van der Waals surface area contributed by atoms with E-state index in [1.807, 2.05) is 49.2 Å². The molecule has 30 heavy (non-hydrogen) atoms. The van der Waals surface area contributed by atoms with E-state index in [1.165, 1.54) is 0 Å². The van der Waals surface area contributed by atoms with Crippen LogP contribution in [-0.4, -0.2) is 49.4 Å². The minimum absolute atomic E-state index is 0.0444. The number of piperidine rings is 1. The van der Waals surface area contributed by atoms with Gasteiger partial charge < -0.3 is 10.2 Å². The highest BCUT2D eigenvalue weighted by molar-refractivity contribution is 5.98. The summed E-state index contributed by atoms with van der Waals surface area (Å²) in [6.07, 6.45) is 7.30. The van der Waals surface area contributed by atoms with E-state index in [0.717, 1.165) is 36.5 Å². The van der Waals surface area contributed by atoms with E-state index in [-0.39, 0.29) is 18.0 Å². The lowest BCUT2D eigenvalue weighted by atomic mass is 10.0. The van der Waals surface area contributed by atoms with E-state index in [4.69, 9.17) is 0 Å². The summed E-state index contributed by atoms with van der Waals surface area (Å²) in [6.45, 7) is 4.70. The first-order valence-corrected chi connectivity index (χ1v) is 10.3. The molecular formula is C23H24N6O. The van der Waals surface area contributed by atoms with Crippen LogP contribution in [0, 0.1) is 19.8 Å². The fourth-order valence-electron chi connectivity index (χ4n) is 4.63. The maximum atomic E-state index is 13.6. The van der Waals surface area contributed by atoms with Crippen LogP contribution in [0.4, 0.5) is 5.82 Å². The monoisotopic (exact) mass is 400 g/mol. The number of likely N-dealkylation sites (tertiary alicyclic amines) is 1. The molecule has 7 heteroatoms. The second-order valence-corrected chi connectivity index (χ2v) is 8.26. The average Bonchev–Trinajstić information content (AvgIpc) is 3.36. The first kappa shape index (κ1) is 18.7. The molecule has 2 bridgehead atoms. The molecule has 3 unspecified atom stereocenters. The number of rotatable bonds is 4. The first-order chi connectivity index (χ1) is 14.6. The van der Waals surface area contributed by atoms with Gasteiger partial charge in [0.15, 0.2) is 5.82 Å². The van der Waals surface area contributed by atoms with E-state index >= 15 is 0 Å². The molecule has 7 nitrogen and oxygen atoms in total. The number of hydrogen-bond donors (Lipinski definition) is 1. The minimum Gasteiger partial charge on any atom is -0.365 e. The molecule has 4 heterocycles. The Kier molecular flexibility index (Phi) is 4.65. The van der Waals surface area contributed by atoms with Crippen LogP contribution in [0.15, 0.2) is 48.9 Å². The summed E-state index contributed by atoms with van der Waals surface area (Å²) < 4.78 is 0. The van der Waals surface area contributed by atoms with Crippen molar-refractivity contribution in [1.82, 2.24) is 24.8 Å². The molecule has 3 aromatic rings. The standard InChI is InChI=1S/C23H24N6O/c1-14-4-7-20(26-12-14)28-18-10-16-11-19(18)29(13-16)23(30)21-17(6-5-15(2)27-21)22-24-8-3-9-25-22/h3-9,12,16,18-19H,10-11,13H2,1-2H3,(H,26,28). The fraction of sp³-hybridized carbons (Fsp3) is 0.348. The van der Waals surface area contributed by atoms with Crippen LogP contribution in [0.1, 0.15) is 34.6 Å². The third kappa shape index (κ3) is 3.40. The Morgan fingerprint density at radius 2 is 1.90 bits per heavy atom. The van der Waals surface area contributed by atoms with Crippen LogP contribution in [-0.2, 0) is 0 Å². The highest BCUT2D eigenvalue weighted by atomic mass is 16.2. The van der Waals surface area contributed by atoms with Crippen molar-refractivity contribution < 1.29 is 4.79 Å². The molecule has 0 spiro atoms. The van der Waals surface area contributed by atoms with Gasteiger partial charge in [0.2, 0.25) is 0 Å².